The Hall–Kier alpha value is -1.91. The third kappa shape index (κ3) is 4.80. The van der Waals surface area contributed by atoms with Crippen molar-refractivity contribution in [2.75, 3.05) is 24.4 Å². The molecule has 1 aromatic rings. The molecule has 0 spiro atoms. The topological polar surface area (TPSA) is 138 Å². The quantitative estimate of drug-likeness (QED) is 0.272. The predicted octanol–water partition coefficient (Wildman–Crippen LogP) is 1.17. The lowest BCUT2D eigenvalue weighted by Gasteiger charge is -2.55. The van der Waals surface area contributed by atoms with E-state index in [4.69, 9.17) is 4.74 Å². The maximum atomic E-state index is 12.8. The van der Waals surface area contributed by atoms with Crippen molar-refractivity contribution in [1.82, 2.24) is 25.4 Å². The molecule has 1 saturated heterocycles. The second-order valence-electron chi connectivity index (χ2n) is 6.31. The fourth-order valence-corrected chi connectivity index (χ4v) is 5.77. The molecule has 0 aromatic carbocycles. The SMILES string of the molecule is CO[C@@]1(NC(=O)CSC(F)(F)F)C(=O)N2C(C(=O)O)=C(CSc3n[nH]c(C)n3)CS[C@H]21. The molecule has 3 heterocycles. The van der Waals surface area contributed by atoms with Crippen LogP contribution in [-0.4, -0.2) is 83.9 Å². The van der Waals surface area contributed by atoms with Crippen LogP contribution in [0.2, 0.25) is 0 Å². The fraction of sp³-hybridized carbons (Fsp3) is 0.533. The highest BCUT2D eigenvalue weighted by Gasteiger charge is 2.66. The Kier molecular flexibility index (Phi) is 6.83. The number of aryl methyl sites for hydroxylation is 1. The number of aromatic amines is 1. The van der Waals surface area contributed by atoms with Crippen LogP contribution in [0.1, 0.15) is 5.82 Å². The number of β-lactam (4-membered cyclic amide) rings is 1. The average Bonchev–Trinajstić information content (AvgIpc) is 3.12. The fourth-order valence-electron chi connectivity index (χ4n) is 2.98. The van der Waals surface area contributed by atoms with Gasteiger partial charge in [-0.2, -0.15) is 13.2 Å². The lowest BCUT2D eigenvalue weighted by Crippen LogP contribution is -2.80. The molecule has 3 rings (SSSR count). The molecule has 3 N–H and O–H groups in total. The minimum Gasteiger partial charge on any atom is -0.477 e. The lowest BCUT2D eigenvalue weighted by molar-refractivity contribution is -0.192. The van der Waals surface area contributed by atoms with Crippen LogP contribution in [0.15, 0.2) is 16.4 Å². The molecule has 1 fully saturated rings. The van der Waals surface area contributed by atoms with Gasteiger partial charge in [-0.05, 0) is 24.3 Å². The van der Waals surface area contributed by atoms with Crippen LogP contribution in [0.25, 0.3) is 0 Å². The number of nitrogens with one attached hydrogen (secondary N) is 2. The Labute approximate surface area is 186 Å². The number of methoxy groups -OCH3 is 1. The van der Waals surface area contributed by atoms with Crippen molar-refractivity contribution >= 4 is 53.1 Å². The Morgan fingerprint density at radius 3 is 2.74 bits per heavy atom. The van der Waals surface area contributed by atoms with E-state index in [1.54, 1.807) is 6.92 Å². The third-order valence-corrected chi connectivity index (χ3v) is 7.32. The van der Waals surface area contributed by atoms with E-state index in [0.29, 0.717) is 16.6 Å². The number of hydrogen-bond donors (Lipinski definition) is 3. The molecule has 0 unspecified atom stereocenters. The summed E-state index contributed by atoms with van der Waals surface area (Å²) in [5.41, 5.74) is -6.35. The zero-order chi connectivity index (χ0) is 23.0. The number of carboxylic acids is 1. The number of aliphatic carboxylic acids is 1. The highest BCUT2D eigenvalue weighted by atomic mass is 32.2. The summed E-state index contributed by atoms with van der Waals surface area (Å²) in [5.74, 6) is -3.23. The van der Waals surface area contributed by atoms with E-state index in [1.807, 2.05) is 0 Å². The van der Waals surface area contributed by atoms with Gasteiger partial charge in [0.05, 0.1) is 5.75 Å². The Bertz CT molecular complexity index is 940. The van der Waals surface area contributed by atoms with Crippen LogP contribution >= 0.6 is 35.3 Å². The second-order valence-corrected chi connectivity index (χ2v) is 9.36. The number of carboxylic acid groups (broad SMARTS) is 1. The molecule has 0 saturated carbocycles. The lowest BCUT2D eigenvalue weighted by atomic mass is 9.98. The van der Waals surface area contributed by atoms with Gasteiger partial charge in [-0.15, -0.1) is 16.9 Å². The Balaban J connectivity index is 1.76. The molecule has 2 atom stereocenters. The molecule has 2 aliphatic heterocycles. The number of H-pyrrole nitrogens is 1. The molecule has 2 aliphatic rings. The van der Waals surface area contributed by atoms with Gasteiger partial charge in [-0.3, -0.25) is 19.6 Å². The zero-order valence-electron chi connectivity index (χ0n) is 16.0. The normalized spacial score (nSPS) is 23.5. The Morgan fingerprint density at radius 1 is 1.48 bits per heavy atom. The van der Waals surface area contributed by atoms with Crippen molar-refractivity contribution < 1.29 is 37.4 Å². The first-order valence-electron chi connectivity index (χ1n) is 8.47. The molecule has 16 heteroatoms. The first kappa shape index (κ1) is 23.7. The van der Waals surface area contributed by atoms with E-state index in [-0.39, 0.29) is 17.2 Å². The van der Waals surface area contributed by atoms with Gasteiger partial charge in [0.15, 0.2) is 0 Å². The number of hydrogen-bond acceptors (Lipinski definition) is 9. The zero-order valence-corrected chi connectivity index (χ0v) is 18.4. The van der Waals surface area contributed by atoms with E-state index in [1.165, 1.54) is 11.8 Å². The number of aromatic nitrogens is 3. The second kappa shape index (κ2) is 8.91. The van der Waals surface area contributed by atoms with Gasteiger partial charge >= 0.3 is 11.5 Å². The van der Waals surface area contributed by atoms with Crippen LogP contribution in [0.4, 0.5) is 13.2 Å². The first-order chi connectivity index (χ1) is 14.5. The van der Waals surface area contributed by atoms with Crippen molar-refractivity contribution in [3.05, 3.63) is 17.1 Å². The molecule has 2 amide bonds. The summed E-state index contributed by atoms with van der Waals surface area (Å²) in [6, 6.07) is 0. The van der Waals surface area contributed by atoms with Crippen LogP contribution < -0.4 is 5.32 Å². The summed E-state index contributed by atoms with van der Waals surface area (Å²) >= 11 is 1.77. The third-order valence-electron chi connectivity index (χ3n) is 4.28. The number of halogens is 3. The van der Waals surface area contributed by atoms with Crippen LogP contribution in [0.5, 0.6) is 0 Å². The maximum Gasteiger partial charge on any atom is 0.442 e. The number of fused-ring (bicyclic) bond motifs is 1. The molecule has 0 radical (unpaired) electrons. The average molecular weight is 500 g/mol. The molecule has 170 valence electrons. The van der Waals surface area contributed by atoms with Crippen LogP contribution in [0.3, 0.4) is 0 Å². The van der Waals surface area contributed by atoms with E-state index in [2.05, 4.69) is 20.5 Å². The maximum absolute atomic E-state index is 12.8. The van der Waals surface area contributed by atoms with E-state index >= 15 is 0 Å². The van der Waals surface area contributed by atoms with E-state index in [0.717, 1.165) is 23.8 Å². The van der Waals surface area contributed by atoms with E-state index < -0.39 is 51.9 Å². The number of ether oxygens (including phenoxy) is 1. The molecule has 0 bridgehead atoms. The number of carbonyl (C=O) groups is 3. The highest BCUT2D eigenvalue weighted by Crippen LogP contribution is 2.47. The highest BCUT2D eigenvalue weighted by molar-refractivity contribution is 8.01. The molecule has 31 heavy (non-hydrogen) atoms. The van der Waals surface area contributed by atoms with Gasteiger partial charge in [0.1, 0.15) is 16.9 Å². The summed E-state index contributed by atoms with van der Waals surface area (Å²) in [6.07, 6.45) is 0. The minimum atomic E-state index is -4.61. The summed E-state index contributed by atoms with van der Waals surface area (Å²) in [6.45, 7) is 1.71. The minimum absolute atomic E-state index is 0.199. The standard InChI is InChI=1S/C15H16F3N5O5S3/c1-6-19-13(22-21-6)30-4-7-3-29-12-14(28-2,11(27)23(12)9(7)10(25)26)20-8(24)5-31-15(16,17)18/h12H,3-5H2,1-2H3,(H,20,24)(H,25,26)(H,19,21,22)/t12-,14-/m0/s1. The van der Waals surface area contributed by atoms with Gasteiger partial charge < -0.3 is 15.2 Å². The summed E-state index contributed by atoms with van der Waals surface area (Å²) < 4.78 is 42.2. The monoisotopic (exact) mass is 499 g/mol. The molecule has 1 aromatic heterocycles. The van der Waals surface area contributed by atoms with Crippen molar-refractivity contribution in [3.8, 4) is 0 Å². The van der Waals surface area contributed by atoms with Crippen LogP contribution in [0, 0.1) is 6.92 Å². The number of alkyl halides is 3. The summed E-state index contributed by atoms with van der Waals surface area (Å²) in [7, 11) is 1.12. The number of nitrogens with zero attached hydrogens (tertiary/aromatic N) is 3. The number of thioether (sulfide) groups is 3. The van der Waals surface area contributed by atoms with Gasteiger partial charge in [0, 0.05) is 18.6 Å². The van der Waals surface area contributed by atoms with Gasteiger partial charge in [-0.25, -0.2) is 9.78 Å². The van der Waals surface area contributed by atoms with Crippen molar-refractivity contribution in [3.63, 3.8) is 0 Å². The molecular formula is C15H16F3N5O5S3. The summed E-state index contributed by atoms with van der Waals surface area (Å²) in [4.78, 5) is 41.8. The molecule has 10 nitrogen and oxygen atoms in total. The largest absolute Gasteiger partial charge is 0.477 e. The van der Waals surface area contributed by atoms with Crippen LogP contribution in [-0.2, 0) is 19.1 Å². The Morgan fingerprint density at radius 2 is 2.19 bits per heavy atom. The number of rotatable bonds is 8. The predicted molar refractivity (Wildman–Crippen MR) is 106 cm³/mol. The van der Waals surface area contributed by atoms with Gasteiger partial charge in [0.25, 0.3) is 11.6 Å². The first-order valence-corrected chi connectivity index (χ1v) is 11.5. The van der Waals surface area contributed by atoms with E-state index in [9.17, 15) is 32.7 Å². The number of carbonyl (C=O) groups excluding carboxylic acids is 2. The molecule has 0 aliphatic carbocycles. The van der Waals surface area contributed by atoms with Gasteiger partial charge in [-0.1, -0.05) is 11.8 Å². The number of amides is 2. The molecular weight excluding hydrogens is 483 g/mol. The van der Waals surface area contributed by atoms with Crippen molar-refractivity contribution in [1.29, 1.82) is 0 Å². The van der Waals surface area contributed by atoms with Crippen molar-refractivity contribution in [2.24, 2.45) is 0 Å². The smallest absolute Gasteiger partial charge is 0.442 e. The van der Waals surface area contributed by atoms with Crippen molar-refractivity contribution in [2.45, 2.75) is 28.7 Å². The van der Waals surface area contributed by atoms with Gasteiger partial charge in [0.2, 0.25) is 11.1 Å². The summed E-state index contributed by atoms with van der Waals surface area (Å²) in [5, 5.41) is 18.0.